The number of thioether (sulfide) groups is 1. The van der Waals surface area contributed by atoms with Crippen LogP contribution in [0.1, 0.15) is 19.4 Å². The Morgan fingerprint density at radius 1 is 1.47 bits per heavy atom. The van der Waals surface area contributed by atoms with Crippen molar-refractivity contribution in [2.45, 2.75) is 31.2 Å². The molecule has 5 nitrogen and oxygen atoms in total. The van der Waals surface area contributed by atoms with Crippen LogP contribution < -0.4 is 11.3 Å². The fourth-order valence-electron chi connectivity index (χ4n) is 1.85. The number of nitrogens with one attached hydrogen (secondary N) is 2. The minimum atomic E-state index is -0.258. The van der Waals surface area contributed by atoms with E-state index in [2.05, 4.69) is 15.4 Å². The number of hydrogen-bond donors (Lipinski definition) is 3. The Bertz CT molecular complexity index is 593. The van der Waals surface area contributed by atoms with Gasteiger partial charge in [-0.1, -0.05) is 31.7 Å². The Hall–Kier alpha value is -1.53. The Morgan fingerprint density at radius 3 is 2.84 bits per heavy atom. The van der Waals surface area contributed by atoms with E-state index in [1.165, 1.54) is 17.3 Å². The average molecular weight is 278 g/mol. The molecule has 102 valence electrons. The fraction of sp³-hybridized carbons (Fsp3) is 0.385. The van der Waals surface area contributed by atoms with Gasteiger partial charge in [-0.2, -0.15) is 0 Å². The molecule has 1 aromatic carbocycles. The molecule has 6 heteroatoms. The molecular weight excluding hydrogens is 260 g/mol. The lowest BCUT2D eigenvalue weighted by atomic mass is 10.1. The van der Waals surface area contributed by atoms with Crippen LogP contribution >= 0.6 is 11.8 Å². The Labute approximate surface area is 116 Å². The van der Waals surface area contributed by atoms with Crippen LogP contribution in [0.25, 0.3) is 11.0 Å². The van der Waals surface area contributed by atoms with Crippen molar-refractivity contribution in [3.63, 3.8) is 0 Å². The minimum absolute atomic E-state index is 0.170. The summed E-state index contributed by atoms with van der Waals surface area (Å²) in [6.45, 7) is 6.01. The zero-order valence-electron chi connectivity index (χ0n) is 11.2. The summed E-state index contributed by atoms with van der Waals surface area (Å²) in [5.74, 6) is 5.20. The number of hydrogen-bond acceptors (Lipinski definition) is 4. The van der Waals surface area contributed by atoms with E-state index < -0.39 is 0 Å². The van der Waals surface area contributed by atoms with Crippen molar-refractivity contribution in [2.24, 2.45) is 11.8 Å². The molecule has 0 aliphatic carbocycles. The number of carbonyl (C=O) groups excluding carboxylic acids is 1. The van der Waals surface area contributed by atoms with Crippen LogP contribution in [-0.2, 0) is 4.79 Å². The Balaban J connectivity index is 2.26. The number of aromatic amines is 1. The van der Waals surface area contributed by atoms with Crippen molar-refractivity contribution in [1.82, 2.24) is 15.4 Å². The van der Waals surface area contributed by atoms with E-state index >= 15 is 0 Å². The lowest BCUT2D eigenvalue weighted by Crippen LogP contribution is -2.40. The number of carbonyl (C=O) groups is 1. The van der Waals surface area contributed by atoms with Crippen LogP contribution in [0.2, 0.25) is 0 Å². The number of nitrogens with two attached hydrogens (primary N) is 1. The number of benzene rings is 1. The first kappa shape index (κ1) is 13.9. The van der Waals surface area contributed by atoms with E-state index in [9.17, 15) is 4.79 Å². The monoisotopic (exact) mass is 278 g/mol. The third kappa shape index (κ3) is 3.08. The zero-order chi connectivity index (χ0) is 14.0. The first-order valence-electron chi connectivity index (χ1n) is 6.14. The van der Waals surface area contributed by atoms with Crippen LogP contribution in [0.4, 0.5) is 0 Å². The number of aryl methyl sites for hydroxylation is 1. The summed E-state index contributed by atoms with van der Waals surface area (Å²) >= 11 is 1.40. The molecule has 0 aliphatic heterocycles. The van der Waals surface area contributed by atoms with Crippen LogP contribution in [0.3, 0.4) is 0 Å². The molecule has 2 aromatic rings. The molecule has 0 saturated carbocycles. The lowest BCUT2D eigenvalue weighted by molar-refractivity contribution is -0.121. The summed E-state index contributed by atoms with van der Waals surface area (Å²) in [6, 6.07) is 6.03. The minimum Gasteiger partial charge on any atom is -0.333 e. The Kier molecular flexibility index (Phi) is 4.11. The molecule has 19 heavy (non-hydrogen) atoms. The number of rotatable bonds is 4. The van der Waals surface area contributed by atoms with Gasteiger partial charge in [-0.15, -0.1) is 0 Å². The summed E-state index contributed by atoms with van der Waals surface area (Å²) in [7, 11) is 0. The largest absolute Gasteiger partial charge is 0.333 e. The van der Waals surface area contributed by atoms with Gasteiger partial charge in [0.1, 0.15) is 0 Å². The van der Waals surface area contributed by atoms with Crippen molar-refractivity contribution >= 4 is 28.7 Å². The van der Waals surface area contributed by atoms with Gasteiger partial charge in [0.05, 0.1) is 16.3 Å². The fourth-order valence-corrected chi connectivity index (χ4v) is 2.86. The molecule has 1 atom stereocenters. The predicted octanol–water partition coefficient (Wildman–Crippen LogP) is 1.98. The van der Waals surface area contributed by atoms with Gasteiger partial charge >= 0.3 is 0 Å². The van der Waals surface area contributed by atoms with E-state index in [0.717, 1.165) is 16.2 Å². The molecule has 4 N–H and O–H groups in total. The predicted molar refractivity (Wildman–Crippen MR) is 77.6 cm³/mol. The van der Waals surface area contributed by atoms with Crippen molar-refractivity contribution in [3.8, 4) is 0 Å². The highest BCUT2D eigenvalue weighted by Gasteiger charge is 2.24. The van der Waals surface area contributed by atoms with Gasteiger partial charge in [0.25, 0.3) is 0 Å². The van der Waals surface area contributed by atoms with Crippen LogP contribution in [-0.4, -0.2) is 21.1 Å². The smallest absolute Gasteiger partial charge is 0.247 e. The quantitative estimate of drug-likeness (QED) is 0.345. The van der Waals surface area contributed by atoms with Gasteiger partial charge in [-0.05, 0) is 30.5 Å². The first-order chi connectivity index (χ1) is 9.01. The third-order valence-electron chi connectivity index (χ3n) is 2.86. The topological polar surface area (TPSA) is 83.8 Å². The molecule has 0 fully saturated rings. The van der Waals surface area contributed by atoms with Gasteiger partial charge in [-0.25, -0.2) is 10.8 Å². The maximum atomic E-state index is 11.7. The van der Waals surface area contributed by atoms with Gasteiger partial charge in [0.15, 0.2) is 5.16 Å². The van der Waals surface area contributed by atoms with Crippen molar-refractivity contribution in [2.75, 3.05) is 0 Å². The second-order valence-corrected chi connectivity index (χ2v) is 5.98. The van der Waals surface area contributed by atoms with Crippen molar-refractivity contribution < 1.29 is 4.79 Å². The number of aromatic nitrogens is 2. The molecular formula is C13H18N4OS. The maximum absolute atomic E-state index is 11.7. The van der Waals surface area contributed by atoms with E-state index in [0.29, 0.717) is 0 Å². The Morgan fingerprint density at radius 2 is 2.21 bits per heavy atom. The lowest BCUT2D eigenvalue weighted by Gasteiger charge is -2.16. The number of amides is 1. The summed E-state index contributed by atoms with van der Waals surface area (Å²) in [6.07, 6.45) is 0. The molecule has 2 rings (SSSR count). The second-order valence-electron chi connectivity index (χ2n) is 4.85. The molecule has 1 amide bonds. The highest BCUT2D eigenvalue weighted by molar-refractivity contribution is 8.00. The van der Waals surface area contributed by atoms with Crippen molar-refractivity contribution in [3.05, 3.63) is 23.8 Å². The van der Waals surface area contributed by atoms with E-state index in [-0.39, 0.29) is 17.1 Å². The molecule has 0 bridgehead atoms. The first-order valence-corrected chi connectivity index (χ1v) is 7.02. The summed E-state index contributed by atoms with van der Waals surface area (Å²) in [5, 5.41) is 0.481. The number of fused-ring (bicyclic) bond motifs is 1. The number of hydrazine groups is 1. The zero-order valence-corrected chi connectivity index (χ0v) is 12.0. The molecule has 0 saturated heterocycles. The molecule has 1 heterocycles. The summed E-state index contributed by atoms with van der Waals surface area (Å²) < 4.78 is 0. The van der Waals surface area contributed by atoms with Crippen LogP contribution in [0.15, 0.2) is 23.4 Å². The van der Waals surface area contributed by atoms with Gasteiger partial charge in [-0.3, -0.25) is 10.2 Å². The molecule has 0 radical (unpaired) electrons. The van der Waals surface area contributed by atoms with Gasteiger partial charge < -0.3 is 4.98 Å². The highest BCUT2D eigenvalue weighted by atomic mass is 32.2. The molecule has 0 aliphatic rings. The highest BCUT2D eigenvalue weighted by Crippen LogP contribution is 2.28. The molecule has 0 spiro atoms. The standard InChI is InChI=1S/C13H18N4OS/c1-7(2)11(12(18)17-14)19-13-15-9-5-4-8(3)6-10(9)16-13/h4-7,11H,14H2,1-3H3,(H,15,16)(H,17,18). The maximum Gasteiger partial charge on any atom is 0.247 e. The SMILES string of the molecule is Cc1ccc2nc(SC(C(=O)NN)C(C)C)[nH]c2c1. The van der Waals surface area contributed by atoms with Gasteiger partial charge in [0.2, 0.25) is 5.91 Å². The number of imidazole rings is 1. The van der Waals surface area contributed by atoms with E-state index in [1.54, 1.807) is 0 Å². The van der Waals surface area contributed by atoms with Crippen LogP contribution in [0.5, 0.6) is 0 Å². The number of H-pyrrole nitrogens is 1. The van der Waals surface area contributed by atoms with E-state index in [4.69, 9.17) is 5.84 Å². The second kappa shape index (κ2) is 5.63. The number of nitrogens with zero attached hydrogens (tertiary/aromatic N) is 1. The summed E-state index contributed by atoms with van der Waals surface area (Å²) in [4.78, 5) is 19.4. The van der Waals surface area contributed by atoms with Crippen LogP contribution in [0, 0.1) is 12.8 Å². The average Bonchev–Trinajstić information content (AvgIpc) is 2.76. The third-order valence-corrected chi connectivity index (χ3v) is 4.29. The molecule has 1 unspecified atom stereocenters. The van der Waals surface area contributed by atoms with E-state index in [1.807, 2.05) is 39.0 Å². The summed E-state index contributed by atoms with van der Waals surface area (Å²) in [5.41, 5.74) is 5.27. The molecule has 1 aromatic heterocycles. The van der Waals surface area contributed by atoms with Crippen molar-refractivity contribution in [1.29, 1.82) is 0 Å². The normalized spacial score (nSPS) is 12.9. The van der Waals surface area contributed by atoms with Gasteiger partial charge in [0, 0.05) is 0 Å².